The molecule has 20 heavy (non-hydrogen) atoms. The third-order valence-electron chi connectivity index (χ3n) is 3.13. The van der Waals surface area contributed by atoms with Crippen LogP contribution in [0.4, 0.5) is 0 Å². The van der Waals surface area contributed by atoms with Gasteiger partial charge in [0.2, 0.25) is 0 Å². The van der Waals surface area contributed by atoms with E-state index < -0.39 is 0 Å². The molecule has 0 heterocycles. The molecule has 0 saturated carbocycles. The quantitative estimate of drug-likeness (QED) is 0.710. The molecule has 0 aliphatic heterocycles. The standard InChI is InChI=1S/C17H21O3/c1-18-11-6-12-20-17-13-15(9-10-16(17)19-2)14-7-4-3-5-8-14/h3-4,7-10,13H,5-6,11-12H2,1-2H3. The predicted octanol–water partition coefficient (Wildman–Crippen LogP) is 3.66. The summed E-state index contributed by atoms with van der Waals surface area (Å²) in [5, 5.41) is 0. The van der Waals surface area contributed by atoms with Gasteiger partial charge in [-0.1, -0.05) is 24.3 Å². The van der Waals surface area contributed by atoms with Crippen LogP contribution in [0.3, 0.4) is 0 Å². The second-order valence-electron chi connectivity index (χ2n) is 4.55. The molecule has 0 bridgehead atoms. The van der Waals surface area contributed by atoms with Crippen molar-refractivity contribution in [2.24, 2.45) is 0 Å². The molecule has 0 unspecified atom stereocenters. The summed E-state index contributed by atoms with van der Waals surface area (Å²) in [5.41, 5.74) is 2.37. The van der Waals surface area contributed by atoms with Crippen LogP contribution in [0.5, 0.6) is 11.5 Å². The van der Waals surface area contributed by atoms with Crippen molar-refractivity contribution in [2.45, 2.75) is 12.8 Å². The number of hydrogen-bond donors (Lipinski definition) is 0. The first kappa shape index (κ1) is 14.7. The minimum absolute atomic E-state index is 0.621. The Bertz CT molecular complexity index is 489. The summed E-state index contributed by atoms with van der Waals surface area (Å²) in [6, 6.07) is 6.05. The SMILES string of the molecule is COCCCOc1cc(C2=CC=CC[CH]2)ccc1OC. The highest BCUT2D eigenvalue weighted by Gasteiger charge is 2.09. The van der Waals surface area contributed by atoms with E-state index in [0.717, 1.165) is 29.9 Å². The largest absolute Gasteiger partial charge is 0.493 e. The molecule has 0 saturated heterocycles. The molecule has 0 amide bonds. The summed E-state index contributed by atoms with van der Waals surface area (Å²) < 4.78 is 16.2. The van der Waals surface area contributed by atoms with Crippen molar-refractivity contribution in [3.8, 4) is 11.5 Å². The van der Waals surface area contributed by atoms with Gasteiger partial charge in [-0.25, -0.2) is 0 Å². The lowest BCUT2D eigenvalue weighted by Crippen LogP contribution is -2.03. The van der Waals surface area contributed by atoms with Crippen molar-refractivity contribution in [1.82, 2.24) is 0 Å². The minimum atomic E-state index is 0.621. The topological polar surface area (TPSA) is 27.7 Å². The minimum Gasteiger partial charge on any atom is -0.493 e. The van der Waals surface area contributed by atoms with E-state index in [4.69, 9.17) is 14.2 Å². The monoisotopic (exact) mass is 273 g/mol. The summed E-state index contributed by atoms with van der Waals surface area (Å²) in [4.78, 5) is 0. The molecule has 107 valence electrons. The summed E-state index contributed by atoms with van der Waals surface area (Å²) >= 11 is 0. The Kier molecular flexibility index (Phi) is 5.69. The Labute approximate surface area is 120 Å². The summed E-state index contributed by atoms with van der Waals surface area (Å²) in [6.07, 6.45) is 10.4. The van der Waals surface area contributed by atoms with Crippen molar-refractivity contribution >= 4 is 5.57 Å². The van der Waals surface area contributed by atoms with Gasteiger partial charge in [0.05, 0.1) is 13.7 Å². The summed E-state index contributed by atoms with van der Waals surface area (Å²) in [7, 11) is 3.35. The van der Waals surface area contributed by atoms with Gasteiger partial charge in [-0.05, 0) is 36.1 Å². The highest BCUT2D eigenvalue weighted by molar-refractivity contribution is 5.75. The second-order valence-corrected chi connectivity index (χ2v) is 4.55. The molecule has 0 fully saturated rings. The Hall–Kier alpha value is -1.74. The molecule has 1 aromatic rings. The van der Waals surface area contributed by atoms with Gasteiger partial charge in [0.25, 0.3) is 0 Å². The molecule has 1 aromatic carbocycles. The molecule has 3 heteroatoms. The number of allylic oxidation sites excluding steroid dienone is 4. The first-order chi connectivity index (χ1) is 9.85. The van der Waals surface area contributed by atoms with Crippen LogP contribution >= 0.6 is 0 Å². The van der Waals surface area contributed by atoms with E-state index >= 15 is 0 Å². The fourth-order valence-corrected chi connectivity index (χ4v) is 2.08. The smallest absolute Gasteiger partial charge is 0.161 e. The van der Waals surface area contributed by atoms with E-state index in [0.29, 0.717) is 13.2 Å². The van der Waals surface area contributed by atoms with Crippen LogP contribution in [-0.2, 0) is 4.74 Å². The Morgan fingerprint density at radius 3 is 2.70 bits per heavy atom. The lowest BCUT2D eigenvalue weighted by Gasteiger charge is -2.14. The summed E-state index contributed by atoms with van der Waals surface area (Å²) in [6.45, 7) is 1.32. The third kappa shape index (κ3) is 3.87. The first-order valence-corrected chi connectivity index (χ1v) is 6.85. The molecular formula is C17H21O3. The van der Waals surface area contributed by atoms with Crippen LogP contribution in [0.2, 0.25) is 0 Å². The molecule has 1 aliphatic rings. The van der Waals surface area contributed by atoms with Crippen LogP contribution in [0.1, 0.15) is 18.4 Å². The molecule has 0 atom stereocenters. The van der Waals surface area contributed by atoms with Gasteiger partial charge in [0.15, 0.2) is 11.5 Å². The predicted molar refractivity (Wildman–Crippen MR) is 81.0 cm³/mol. The van der Waals surface area contributed by atoms with E-state index in [9.17, 15) is 0 Å². The van der Waals surface area contributed by atoms with E-state index in [1.165, 1.54) is 5.57 Å². The first-order valence-electron chi connectivity index (χ1n) is 6.85. The zero-order valence-electron chi connectivity index (χ0n) is 12.1. The number of ether oxygens (including phenoxy) is 3. The summed E-state index contributed by atoms with van der Waals surface area (Å²) in [5.74, 6) is 1.54. The highest BCUT2D eigenvalue weighted by atomic mass is 16.5. The van der Waals surface area contributed by atoms with Gasteiger partial charge in [-0.3, -0.25) is 0 Å². The van der Waals surface area contributed by atoms with Gasteiger partial charge in [0, 0.05) is 20.1 Å². The van der Waals surface area contributed by atoms with E-state index in [1.54, 1.807) is 14.2 Å². The van der Waals surface area contributed by atoms with Crippen molar-refractivity contribution in [1.29, 1.82) is 0 Å². The van der Waals surface area contributed by atoms with Crippen LogP contribution < -0.4 is 9.47 Å². The fourth-order valence-electron chi connectivity index (χ4n) is 2.08. The molecule has 0 aromatic heterocycles. The van der Waals surface area contributed by atoms with Gasteiger partial charge in [0.1, 0.15) is 0 Å². The van der Waals surface area contributed by atoms with Crippen molar-refractivity contribution in [3.63, 3.8) is 0 Å². The molecule has 0 N–H and O–H groups in total. The number of hydrogen-bond acceptors (Lipinski definition) is 3. The van der Waals surface area contributed by atoms with E-state index in [-0.39, 0.29) is 0 Å². The van der Waals surface area contributed by atoms with E-state index in [1.807, 2.05) is 12.1 Å². The normalized spacial score (nSPS) is 14.0. The molecule has 1 radical (unpaired) electrons. The zero-order chi connectivity index (χ0) is 14.2. The van der Waals surface area contributed by atoms with Gasteiger partial charge in [-0.2, -0.15) is 0 Å². The van der Waals surface area contributed by atoms with E-state index in [2.05, 4.69) is 30.7 Å². The zero-order valence-corrected chi connectivity index (χ0v) is 12.1. The maximum absolute atomic E-state index is 5.80. The Morgan fingerprint density at radius 2 is 2.00 bits per heavy atom. The van der Waals surface area contributed by atoms with Crippen molar-refractivity contribution in [3.05, 3.63) is 48.4 Å². The number of rotatable bonds is 7. The molecule has 0 spiro atoms. The molecular weight excluding hydrogens is 252 g/mol. The van der Waals surface area contributed by atoms with Gasteiger partial charge < -0.3 is 14.2 Å². The van der Waals surface area contributed by atoms with Gasteiger partial charge >= 0.3 is 0 Å². The van der Waals surface area contributed by atoms with Crippen LogP contribution in [0.15, 0.2) is 36.4 Å². The number of methoxy groups -OCH3 is 2. The second kappa shape index (κ2) is 7.75. The number of benzene rings is 1. The third-order valence-corrected chi connectivity index (χ3v) is 3.13. The molecule has 1 aliphatic carbocycles. The Balaban J connectivity index is 2.11. The van der Waals surface area contributed by atoms with Gasteiger partial charge in [-0.15, -0.1) is 0 Å². The van der Waals surface area contributed by atoms with Crippen LogP contribution in [0, 0.1) is 6.42 Å². The van der Waals surface area contributed by atoms with Crippen LogP contribution in [0.25, 0.3) is 5.57 Å². The average molecular weight is 273 g/mol. The fraction of sp³-hybridized carbons (Fsp3) is 0.353. The average Bonchev–Trinajstić information content (AvgIpc) is 2.52. The molecule has 3 nitrogen and oxygen atoms in total. The lowest BCUT2D eigenvalue weighted by atomic mass is 9.97. The highest BCUT2D eigenvalue weighted by Crippen LogP contribution is 2.32. The molecule has 2 rings (SSSR count). The maximum Gasteiger partial charge on any atom is 0.161 e. The van der Waals surface area contributed by atoms with Crippen molar-refractivity contribution < 1.29 is 14.2 Å². The Morgan fingerprint density at radius 1 is 1.10 bits per heavy atom. The van der Waals surface area contributed by atoms with Crippen LogP contribution in [-0.4, -0.2) is 27.4 Å². The lowest BCUT2D eigenvalue weighted by molar-refractivity contribution is 0.170. The van der Waals surface area contributed by atoms with Crippen molar-refractivity contribution in [2.75, 3.05) is 27.4 Å². The maximum atomic E-state index is 5.80.